The second-order valence-corrected chi connectivity index (χ2v) is 1.06. The Morgan fingerprint density at radius 2 is 1.30 bits per heavy atom. The highest BCUT2D eigenvalue weighted by Gasteiger charge is 1.88. The first kappa shape index (κ1) is 11.4. The number of amides is 2. The van der Waals surface area contributed by atoms with Crippen molar-refractivity contribution < 1.29 is 19.1 Å². The largest absolute Gasteiger partial charge is 0.507 e. The molecule has 0 fully saturated rings. The van der Waals surface area contributed by atoms with Crippen LogP contribution in [-0.2, 0) is 9.47 Å². The fourth-order valence-corrected chi connectivity index (χ4v) is 0.0833. The maximum absolute atomic E-state index is 9.74. The van der Waals surface area contributed by atoms with Gasteiger partial charge in [-0.2, -0.15) is 0 Å². The molecular weight excluding hydrogens is 140 g/mol. The summed E-state index contributed by atoms with van der Waals surface area (Å²) in [4.78, 5) is 18.7. The van der Waals surface area contributed by atoms with Crippen LogP contribution >= 0.6 is 0 Å². The Kier molecular flexibility index (Phi) is 8.56. The first-order valence-corrected chi connectivity index (χ1v) is 2.21. The van der Waals surface area contributed by atoms with Crippen molar-refractivity contribution >= 4 is 12.2 Å². The first-order valence-electron chi connectivity index (χ1n) is 2.21. The number of methoxy groups -OCH3 is 2. The van der Waals surface area contributed by atoms with Gasteiger partial charge in [0.2, 0.25) is 0 Å². The summed E-state index contributed by atoms with van der Waals surface area (Å²) in [7, 11) is 2.51. The van der Waals surface area contributed by atoms with E-state index in [0.29, 0.717) is 0 Å². The quantitative estimate of drug-likeness (QED) is 0.451. The minimum Gasteiger partial charge on any atom is -0.438 e. The van der Waals surface area contributed by atoms with E-state index in [-0.39, 0.29) is 0 Å². The maximum Gasteiger partial charge on any atom is 0.507 e. The molecule has 6 heteroatoms. The molecule has 0 aromatic rings. The van der Waals surface area contributed by atoms with Crippen LogP contribution in [0.4, 0.5) is 9.59 Å². The van der Waals surface area contributed by atoms with E-state index in [1.54, 1.807) is 0 Å². The van der Waals surface area contributed by atoms with Crippen molar-refractivity contribution in [3.63, 3.8) is 0 Å². The summed E-state index contributed by atoms with van der Waals surface area (Å²) < 4.78 is 8.08. The van der Waals surface area contributed by atoms with Crippen LogP contribution < -0.4 is 11.5 Å². The van der Waals surface area contributed by atoms with Gasteiger partial charge >= 0.3 is 12.2 Å². The van der Waals surface area contributed by atoms with Gasteiger partial charge < -0.3 is 20.9 Å². The highest BCUT2D eigenvalue weighted by Crippen LogP contribution is 1.72. The van der Waals surface area contributed by atoms with Gasteiger partial charge in [0.1, 0.15) is 0 Å². The Morgan fingerprint density at radius 1 is 1.10 bits per heavy atom. The van der Waals surface area contributed by atoms with E-state index < -0.39 is 12.2 Å². The van der Waals surface area contributed by atoms with Crippen molar-refractivity contribution in [3.8, 4) is 0 Å². The number of hydrogen-bond donors (Lipinski definition) is 2. The van der Waals surface area contributed by atoms with Gasteiger partial charge in [-0.3, -0.25) is 0 Å². The van der Waals surface area contributed by atoms with E-state index >= 15 is 0 Å². The molecule has 0 atom stereocenters. The molecule has 0 aliphatic carbocycles. The lowest BCUT2D eigenvalue weighted by Crippen LogP contribution is -2.18. The third kappa shape index (κ3) is 31.1. The average molecular weight is 150 g/mol. The molecule has 6 nitrogen and oxygen atoms in total. The van der Waals surface area contributed by atoms with Gasteiger partial charge in [-0.25, -0.2) is 9.59 Å². The molecule has 0 spiro atoms. The van der Waals surface area contributed by atoms with Crippen LogP contribution in [0.1, 0.15) is 0 Å². The zero-order chi connectivity index (χ0) is 8.57. The number of rotatable bonds is 0. The number of nitrogens with two attached hydrogens (primary N) is 2. The van der Waals surface area contributed by atoms with Crippen molar-refractivity contribution in [1.82, 2.24) is 0 Å². The standard InChI is InChI=1S/C3H6O3.CH4N2O/c1-5-3(4)6-2;2-1(3)4/h1-2H3;(H4,2,3,4). The van der Waals surface area contributed by atoms with Crippen molar-refractivity contribution in [2.75, 3.05) is 14.2 Å². The molecule has 10 heavy (non-hydrogen) atoms. The molecule has 0 radical (unpaired) electrons. The van der Waals surface area contributed by atoms with Crippen molar-refractivity contribution in [1.29, 1.82) is 0 Å². The topological polar surface area (TPSA) is 105 Å². The molecule has 4 N–H and O–H groups in total. The van der Waals surface area contributed by atoms with Crippen molar-refractivity contribution in [2.45, 2.75) is 0 Å². The predicted octanol–water partition coefficient (Wildman–Crippen LogP) is -0.577. The number of urea groups is 1. The van der Waals surface area contributed by atoms with E-state index in [0.717, 1.165) is 0 Å². The first-order chi connectivity index (χ1) is 4.54. The molecule has 0 aliphatic heterocycles. The summed E-state index contributed by atoms with van der Waals surface area (Å²) in [5.74, 6) is 0. The fourth-order valence-electron chi connectivity index (χ4n) is 0.0833. The molecule has 2 amide bonds. The molecule has 0 saturated heterocycles. The van der Waals surface area contributed by atoms with Crippen LogP contribution in [0.2, 0.25) is 0 Å². The van der Waals surface area contributed by atoms with Crippen LogP contribution in [0.25, 0.3) is 0 Å². The molecule has 0 aromatic heterocycles. The van der Waals surface area contributed by atoms with E-state index in [4.69, 9.17) is 4.79 Å². The maximum atomic E-state index is 9.74. The van der Waals surface area contributed by atoms with Gasteiger partial charge in [0.05, 0.1) is 14.2 Å². The van der Waals surface area contributed by atoms with Crippen LogP contribution in [0.3, 0.4) is 0 Å². The van der Waals surface area contributed by atoms with Crippen LogP contribution in [-0.4, -0.2) is 26.4 Å². The molecule has 0 unspecified atom stereocenters. The molecule has 0 heterocycles. The highest BCUT2D eigenvalue weighted by atomic mass is 16.7. The number of primary amides is 2. The van der Waals surface area contributed by atoms with Crippen molar-refractivity contribution in [2.24, 2.45) is 11.5 Å². The van der Waals surface area contributed by atoms with Gasteiger partial charge in [0, 0.05) is 0 Å². The average Bonchev–Trinajstić information content (AvgIpc) is 1.85. The van der Waals surface area contributed by atoms with Crippen molar-refractivity contribution in [3.05, 3.63) is 0 Å². The second-order valence-electron chi connectivity index (χ2n) is 1.06. The van der Waals surface area contributed by atoms with Gasteiger partial charge in [0.25, 0.3) is 0 Å². The lowest BCUT2D eigenvalue weighted by Gasteiger charge is -1.89. The Labute approximate surface area is 58.1 Å². The summed E-state index contributed by atoms with van der Waals surface area (Å²) >= 11 is 0. The van der Waals surface area contributed by atoms with E-state index in [9.17, 15) is 4.79 Å². The summed E-state index contributed by atoms with van der Waals surface area (Å²) in [5.41, 5.74) is 8.50. The SMILES string of the molecule is COC(=O)OC.NC(N)=O. The summed E-state index contributed by atoms with van der Waals surface area (Å²) in [5, 5.41) is 0. The van der Waals surface area contributed by atoms with Gasteiger partial charge in [-0.15, -0.1) is 0 Å². The number of ether oxygens (including phenoxy) is 2. The Hall–Kier alpha value is -1.46. The Balaban J connectivity index is 0. The number of hydrogen-bond acceptors (Lipinski definition) is 4. The molecular formula is C4H10N2O4. The Bertz CT molecular complexity index is 104. The lowest BCUT2D eigenvalue weighted by molar-refractivity contribution is 0.0924. The normalized spacial score (nSPS) is 6.60. The van der Waals surface area contributed by atoms with E-state index in [1.165, 1.54) is 14.2 Å². The highest BCUT2D eigenvalue weighted by molar-refractivity contribution is 5.69. The molecule has 0 rings (SSSR count). The van der Waals surface area contributed by atoms with Gasteiger partial charge in [0.15, 0.2) is 0 Å². The molecule has 0 bridgehead atoms. The summed E-state index contributed by atoms with van der Waals surface area (Å²) in [6, 6.07) is -0.833. The minimum absolute atomic E-state index is 0.657. The molecule has 60 valence electrons. The number of carbonyl (C=O) groups is 2. The predicted molar refractivity (Wildman–Crippen MR) is 33.2 cm³/mol. The van der Waals surface area contributed by atoms with Crippen LogP contribution in [0.5, 0.6) is 0 Å². The summed E-state index contributed by atoms with van der Waals surface area (Å²) in [6.45, 7) is 0. The zero-order valence-electron chi connectivity index (χ0n) is 5.79. The van der Waals surface area contributed by atoms with Crippen LogP contribution in [0.15, 0.2) is 0 Å². The van der Waals surface area contributed by atoms with E-state index in [2.05, 4.69) is 20.9 Å². The zero-order valence-corrected chi connectivity index (χ0v) is 5.79. The minimum atomic E-state index is -0.833. The number of carbonyl (C=O) groups excluding carboxylic acids is 2. The summed E-state index contributed by atoms with van der Waals surface area (Å²) in [6.07, 6.45) is -0.657. The molecule has 0 aromatic carbocycles. The van der Waals surface area contributed by atoms with Crippen LogP contribution in [0, 0.1) is 0 Å². The lowest BCUT2D eigenvalue weighted by atomic mass is 11.2. The monoisotopic (exact) mass is 150 g/mol. The second kappa shape index (κ2) is 7.54. The Morgan fingerprint density at radius 3 is 1.30 bits per heavy atom. The third-order valence-corrected chi connectivity index (χ3v) is 0.333. The molecule has 0 aliphatic rings. The third-order valence-electron chi connectivity index (χ3n) is 0.333. The smallest absolute Gasteiger partial charge is 0.438 e. The van der Waals surface area contributed by atoms with Gasteiger partial charge in [-0.1, -0.05) is 0 Å². The molecule has 0 saturated carbocycles. The van der Waals surface area contributed by atoms with Gasteiger partial charge in [-0.05, 0) is 0 Å². The van der Waals surface area contributed by atoms with E-state index in [1.807, 2.05) is 0 Å². The fraction of sp³-hybridized carbons (Fsp3) is 0.500.